The van der Waals surface area contributed by atoms with Gasteiger partial charge in [-0.1, -0.05) is 29.3 Å². The van der Waals surface area contributed by atoms with Crippen LogP contribution in [0.1, 0.15) is 0 Å². The molecule has 2 aromatic heterocycles. The van der Waals surface area contributed by atoms with Gasteiger partial charge in [0.1, 0.15) is 10.8 Å². The minimum absolute atomic E-state index is 0.0811. The van der Waals surface area contributed by atoms with Gasteiger partial charge in [0.15, 0.2) is 5.15 Å². The van der Waals surface area contributed by atoms with E-state index in [9.17, 15) is 10.1 Å². The Morgan fingerprint density at radius 2 is 1.92 bits per heavy atom. The molecule has 0 spiro atoms. The average molecular weight is 364 g/mol. The molecule has 122 valence electrons. The summed E-state index contributed by atoms with van der Waals surface area (Å²) >= 11 is 11.8. The molecule has 2 heterocycles. The number of aryl methyl sites for hydroxylation is 1. The highest BCUT2D eigenvalue weighted by atomic mass is 35.5. The molecule has 0 radical (unpaired) electrons. The minimum atomic E-state index is -0.459. The van der Waals surface area contributed by atoms with E-state index in [1.807, 2.05) is 0 Å². The first kappa shape index (κ1) is 16.2. The van der Waals surface area contributed by atoms with Gasteiger partial charge in [-0.15, -0.1) is 0 Å². The number of nitrogens with one attached hydrogen (secondary N) is 1. The molecular formula is C15H11Cl2N5O2. The van der Waals surface area contributed by atoms with Gasteiger partial charge in [-0.3, -0.25) is 14.8 Å². The maximum atomic E-state index is 11.4. The lowest BCUT2D eigenvalue weighted by atomic mass is 10.1. The fourth-order valence-corrected chi connectivity index (χ4v) is 2.58. The van der Waals surface area contributed by atoms with Crippen molar-refractivity contribution >= 4 is 40.3 Å². The number of nitro groups is 1. The van der Waals surface area contributed by atoms with Crippen molar-refractivity contribution in [2.75, 3.05) is 5.32 Å². The largest absolute Gasteiger partial charge is 0.347 e. The summed E-state index contributed by atoms with van der Waals surface area (Å²) in [4.78, 5) is 14.9. The zero-order valence-electron chi connectivity index (χ0n) is 12.4. The lowest BCUT2D eigenvalue weighted by Gasteiger charge is -2.09. The maximum absolute atomic E-state index is 11.4. The van der Waals surface area contributed by atoms with Crippen LogP contribution in [0.4, 0.5) is 17.1 Å². The van der Waals surface area contributed by atoms with Crippen LogP contribution < -0.4 is 5.32 Å². The number of anilines is 2. The van der Waals surface area contributed by atoms with Gasteiger partial charge in [-0.25, -0.2) is 4.98 Å². The van der Waals surface area contributed by atoms with Gasteiger partial charge in [0.2, 0.25) is 0 Å². The summed E-state index contributed by atoms with van der Waals surface area (Å²) in [6.45, 7) is 0. The van der Waals surface area contributed by atoms with Gasteiger partial charge < -0.3 is 5.32 Å². The van der Waals surface area contributed by atoms with E-state index >= 15 is 0 Å². The summed E-state index contributed by atoms with van der Waals surface area (Å²) in [5.41, 5.74) is 2.14. The zero-order valence-corrected chi connectivity index (χ0v) is 13.9. The molecule has 3 rings (SSSR count). The van der Waals surface area contributed by atoms with Gasteiger partial charge in [-0.05, 0) is 23.8 Å². The standard InChI is InChI=1S/C15H11Cl2N5O2/c1-21-8-10(7-18-21)9-2-3-11(13(6-9)22(23)24)19-12-4-5-14(16)20-15(12)17/h2-8,19H,1H3. The number of rotatable bonds is 4. The Morgan fingerprint density at radius 1 is 1.17 bits per heavy atom. The lowest BCUT2D eigenvalue weighted by molar-refractivity contribution is -0.383. The molecule has 7 nitrogen and oxygen atoms in total. The third kappa shape index (κ3) is 3.32. The Labute approximate surface area is 147 Å². The van der Waals surface area contributed by atoms with Crippen molar-refractivity contribution in [1.29, 1.82) is 0 Å². The summed E-state index contributed by atoms with van der Waals surface area (Å²) in [6.07, 6.45) is 3.43. The first-order chi connectivity index (χ1) is 11.4. The Hall–Kier alpha value is -2.64. The molecule has 0 amide bonds. The molecule has 0 unspecified atom stereocenters. The summed E-state index contributed by atoms with van der Waals surface area (Å²) in [6, 6.07) is 8.02. The number of aromatic nitrogens is 3. The smallest absolute Gasteiger partial charge is 0.293 e. The molecule has 0 aliphatic carbocycles. The number of nitro benzene ring substituents is 1. The van der Waals surface area contributed by atoms with Crippen LogP contribution in [0.5, 0.6) is 0 Å². The molecule has 24 heavy (non-hydrogen) atoms. The molecular weight excluding hydrogens is 353 g/mol. The number of pyridine rings is 1. The first-order valence-electron chi connectivity index (χ1n) is 6.80. The van der Waals surface area contributed by atoms with Crippen molar-refractivity contribution in [3.8, 4) is 11.1 Å². The van der Waals surface area contributed by atoms with Crippen molar-refractivity contribution in [3.05, 3.63) is 63.1 Å². The fraction of sp³-hybridized carbons (Fsp3) is 0.0667. The van der Waals surface area contributed by atoms with Crippen LogP contribution in [0.2, 0.25) is 10.3 Å². The number of benzene rings is 1. The van der Waals surface area contributed by atoms with E-state index in [1.165, 1.54) is 6.07 Å². The molecule has 1 N–H and O–H groups in total. The van der Waals surface area contributed by atoms with Gasteiger partial charge in [0.05, 0.1) is 16.8 Å². The van der Waals surface area contributed by atoms with E-state index in [-0.39, 0.29) is 16.0 Å². The Kier molecular flexibility index (Phi) is 4.37. The van der Waals surface area contributed by atoms with Crippen LogP contribution in [-0.2, 0) is 7.05 Å². The average Bonchev–Trinajstić information content (AvgIpc) is 2.96. The van der Waals surface area contributed by atoms with Gasteiger partial charge in [-0.2, -0.15) is 5.10 Å². The van der Waals surface area contributed by atoms with Crippen LogP contribution in [0.15, 0.2) is 42.7 Å². The summed E-state index contributed by atoms with van der Waals surface area (Å²) in [5, 5.41) is 18.8. The predicted molar refractivity (Wildman–Crippen MR) is 92.8 cm³/mol. The van der Waals surface area contributed by atoms with Gasteiger partial charge >= 0.3 is 0 Å². The van der Waals surface area contributed by atoms with Crippen LogP contribution in [0, 0.1) is 10.1 Å². The molecule has 0 saturated heterocycles. The molecule has 1 aromatic carbocycles. The number of halogens is 2. The minimum Gasteiger partial charge on any atom is -0.347 e. The van der Waals surface area contributed by atoms with Crippen LogP contribution in [0.25, 0.3) is 11.1 Å². The van der Waals surface area contributed by atoms with E-state index in [4.69, 9.17) is 23.2 Å². The summed E-state index contributed by atoms with van der Waals surface area (Å²) in [5.74, 6) is 0. The monoisotopic (exact) mass is 363 g/mol. The SMILES string of the molecule is Cn1cc(-c2ccc(Nc3ccc(Cl)nc3Cl)c([N+](=O)[O-])c2)cn1. The topological polar surface area (TPSA) is 85.9 Å². The van der Waals surface area contributed by atoms with E-state index < -0.39 is 4.92 Å². The van der Waals surface area contributed by atoms with E-state index in [0.29, 0.717) is 16.9 Å². The zero-order chi connectivity index (χ0) is 17.3. The normalized spacial score (nSPS) is 10.6. The Balaban J connectivity index is 2.00. The van der Waals surface area contributed by atoms with Crippen LogP contribution in [-0.4, -0.2) is 19.7 Å². The number of hydrogen-bond donors (Lipinski definition) is 1. The molecule has 9 heteroatoms. The second-order valence-corrected chi connectivity index (χ2v) is 5.73. The van der Waals surface area contributed by atoms with Crippen molar-refractivity contribution in [3.63, 3.8) is 0 Å². The molecule has 0 aliphatic rings. The predicted octanol–water partition coefficient (Wildman–Crippen LogP) is 4.44. The third-order valence-electron chi connectivity index (χ3n) is 3.32. The fourth-order valence-electron chi connectivity index (χ4n) is 2.19. The lowest BCUT2D eigenvalue weighted by Crippen LogP contribution is -1.98. The van der Waals surface area contributed by atoms with Crippen molar-refractivity contribution in [2.24, 2.45) is 7.05 Å². The molecule has 3 aromatic rings. The molecule has 0 saturated carbocycles. The van der Waals surface area contributed by atoms with Gasteiger partial charge in [0.25, 0.3) is 5.69 Å². The third-order valence-corrected chi connectivity index (χ3v) is 3.82. The van der Waals surface area contributed by atoms with Crippen molar-refractivity contribution < 1.29 is 4.92 Å². The van der Waals surface area contributed by atoms with E-state index in [1.54, 1.807) is 48.4 Å². The highest BCUT2D eigenvalue weighted by Crippen LogP contribution is 2.34. The summed E-state index contributed by atoms with van der Waals surface area (Å²) < 4.78 is 1.63. The summed E-state index contributed by atoms with van der Waals surface area (Å²) in [7, 11) is 1.78. The second kappa shape index (κ2) is 6.46. The molecule has 0 fully saturated rings. The quantitative estimate of drug-likeness (QED) is 0.420. The van der Waals surface area contributed by atoms with Gasteiger partial charge in [0, 0.05) is 24.9 Å². The molecule has 0 atom stereocenters. The van der Waals surface area contributed by atoms with Crippen molar-refractivity contribution in [1.82, 2.24) is 14.8 Å². The van der Waals surface area contributed by atoms with Crippen molar-refractivity contribution in [2.45, 2.75) is 0 Å². The number of hydrogen-bond acceptors (Lipinski definition) is 5. The Morgan fingerprint density at radius 3 is 2.54 bits per heavy atom. The first-order valence-corrected chi connectivity index (χ1v) is 7.56. The van der Waals surface area contributed by atoms with Crippen LogP contribution >= 0.6 is 23.2 Å². The molecule has 0 aliphatic heterocycles. The molecule has 0 bridgehead atoms. The maximum Gasteiger partial charge on any atom is 0.293 e. The highest BCUT2D eigenvalue weighted by Gasteiger charge is 2.17. The van der Waals surface area contributed by atoms with E-state index in [0.717, 1.165) is 5.56 Å². The number of nitrogens with zero attached hydrogens (tertiary/aromatic N) is 4. The van der Waals surface area contributed by atoms with E-state index in [2.05, 4.69) is 15.4 Å². The highest BCUT2D eigenvalue weighted by molar-refractivity contribution is 6.34. The second-order valence-electron chi connectivity index (χ2n) is 4.99. The van der Waals surface area contributed by atoms with Crippen LogP contribution in [0.3, 0.4) is 0 Å². The Bertz CT molecular complexity index is 926.